The minimum atomic E-state index is -0.672. The number of carbonyl (C=O) groups excluding carboxylic acids is 1. The van der Waals surface area contributed by atoms with Crippen molar-refractivity contribution in [3.05, 3.63) is 53.6 Å². The van der Waals surface area contributed by atoms with Crippen LogP contribution in [-0.4, -0.2) is 68.7 Å². The highest BCUT2D eigenvalue weighted by Gasteiger charge is 2.42. The lowest BCUT2D eigenvalue weighted by Crippen LogP contribution is -2.30. The van der Waals surface area contributed by atoms with E-state index in [1.165, 1.54) is 7.11 Å². The van der Waals surface area contributed by atoms with Crippen molar-refractivity contribution < 1.29 is 38.3 Å². The van der Waals surface area contributed by atoms with Gasteiger partial charge in [0.2, 0.25) is 0 Å². The van der Waals surface area contributed by atoms with Crippen molar-refractivity contribution in [3.63, 3.8) is 0 Å². The number of unbranched alkanes of at least 4 members (excludes halogenated alkanes) is 1. The summed E-state index contributed by atoms with van der Waals surface area (Å²) in [6.45, 7) is 1.86. The zero-order valence-corrected chi connectivity index (χ0v) is 27.1. The summed E-state index contributed by atoms with van der Waals surface area (Å²) >= 11 is 6.92. The van der Waals surface area contributed by atoms with E-state index < -0.39 is 6.10 Å². The van der Waals surface area contributed by atoms with E-state index in [0.29, 0.717) is 19.4 Å². The number of aliphatic hydroxyl groups excluding tert-OH is 1. The van der Waals surface area contributed by atoms with E-state index in [-0.39, 0.29) is 41.9 Å². The number of ether oxygens (including phenoxy) is 6. The van der Waals surface area contributed by atoms with E-state index in [1.54, 1.807) is 7.11 Å². The van der Waals surface area contributed by atoms with Crippen LogP contribution in [0.3, 0.4) is 0 Å². The number of hydrogen-bond donors (Lipinski definition) is 1. The average molecular weight is 635 g/mol. The summed E-state index contributed by atoms with van der Waals surface area (Å²) in [7, 11) is 3.08. The van der Waals surface area contributed by atoms with Crippen molar-refractivity contribution in [2.45, 2.75) is 114 Å². The fourth-order valence-electron chi connectivity index (χ4n) is 6.29. The Labute approximate surface area is 268 Å². The molecule has 1 N–H and O–H groups in total. The number of alkyl halides is 1. The van der Waals surface area contributed by atoms with Crippen molar-refractivity contribution in [1.29, 1.82) is 0 Å². The maximum Gasteiger partial charge on any atom is 0.305 e. The van der Waals surface area contributed by atoms with Gasteiger partial charge in [0.1, 0.15) is 5.75 Å². The number of aliphatic hydroxyl groups is 1. The molecule has 1 saturated carbocycles. The topological polar surface area (TPSA) is 92.7 Å². The average Bonchev–Trinajstić information content (AvgIpc) is 3.32. The molecule has 9 heteroatoms. The van der Waals surface area contributed by atoms with Crippen LogP contribution in [0.4, 0.5) is 0 Å². The molecule has 246 valence electrons. The van der Waals surface area contributed by atoms with Crippen LogP contribution in [0.2, 0.25) is 0 Å². The highest BCUT2D eigenvalue weighted by atomic mass is 35.5. The number of esters is 1. The number of methoxy groups -OCH3 is 2. The predicted molar refractivity (Wildman–Crippen MR) is 170 cm³/mol. The molecule has 3 fully saturated rings. The van der Waals surface area contributed by atoms with Crippen molar-refractivity contribution in [1.82, 2.24) is 0 Å². The first-order valence-corrected chi connectivity index (χ1v) is 16.8. The molecule has 1 aromatic rings. The zero-order valence-electron chi connectivity index (χ0n) is 26.4. The standard InChI is InChI=1S/C35H51ClO8/c1-39-24-26-21-25(15-18-31(26)43-34-13-7-9-19-41-34)22-27(37)16-17-29-28(11-5-3-4-6-12-33(38)40-2)30(36)23-32(29)44-35-14-8-10-20-42-35/h3,5,15-18,21,27-30,32,34-35,37H,4,6-14,19-20,22-24H2,1-2H3/t27?,28-,29-,30-,32-,34?,35?/m1/s1. The number of allylic oxidation sites excluding steroid dienone is 2. The van der Waals surface area contributed by atoms with Gasteiger partial charge in [0.25, 0.3) is 0 Å². The molecule has 44 heavy (non-hydrogen) atoms. The van der Waals surface area contributed by atoms with E-state index in [1.807, 2.05) is 24.3 Å². The van der Waals surface area contributed by atoms with Gasteiger partial charge in [-0.25, -0.2) is 0 Å². The largest absolute Gasteiger partial charge is 0.469 e. The Morgan fingerprint density at radius 1 is 1.09 bits per heavy atom. The maximum atomic E-state index is 11.4. The maximum absolute atomic E-state index is 11.4. The predicted octanol–water partition coefficient (Wildman–Crippen LogP) is 6.64. The minimum absolute atomic E-state index is 0.0487. The van der Waals surface area contributed by atoms with Gasteiger partial charge in [0, 0.05) is 49.8 Å². The molecule has 0 radical (unpaired) electrons. The molecule has 1 aromatic carbocycles. The van der Waals surface area contributed by atoms with Gasteiger partial charge in [-0.15, -0.1) is 11.6 Å². The van der Waals surface area contributed by atoms with Crippen molar-refractivity contribution in [3.8, 4) is 5.75 Å². The lowest BCUT2D eigenvalue weighted by Gasteiger charge is -2.29. The van der Waals surface area contributed by atoms with E-state index in [0.717, 1.165) is 94.3 Å². The van der Waals surface area contributed by atoms with E-state index in [4.69, 9.17) is 40.0 Å². The summed E-state index contributed by atoms with van der Waals surface area (Å²) in [5.41, 5.74) is 1.94. The lowest BCUT2D eigenvalue weighted by molar-refractivity contribution is -0.192. The number of benzene rings is 1. The smallest absolute Gasteiger partial charge is 0.305 e. The van der Waals surface area contributed by atoms with Gasteiger partial charge in [-0.05, 0) is 81.4 Å². The monoisotopic (exact) mass is 634 g/mol. The second-order valence-corrected chi connectivity index (χ2v) is 12.6. The van der Waals surface area contributed by atoms with Gasteiger partial charge < -0.3 is 33.5 Å². The van der Waals surface area contributed by atoms with Gasteiger partial charge in [0.05, 0.1) is 32.5 Å². The fourth-order valence-corrected chi connectivity index (χ4v) is 6.74. The van der Waals surface area contributed by atoms with Crippen molar-refractivity contribution in [2.75, 3.05) is 27.4 Å². The normalized spacial score (nSPS) is 28.5. The highest BCUT2D eigenvalue weighted by Crippen LogP contribution is 2.42. The molecule has 0 amide bonds. The van der Waals surface area contributed by atoms with Crippen LogP contribution in [0.1, 0.15) is 81.8 Å². The quantitative estimate of drug-likeness (QED) is 0.0936. The van der Waals surface area contributed by atoms with Crippen LogP contribution in [-0.2, 0) is 41.5 Å². The number of carbonyl (C=O) groups is 1. The third-order valence-electron chi connectivity index (χ3n) is 8.69. The second kappa shape index (κ2) is 18.9. The molecule has 2 aliphatic heterocycles. The lowest BCUT2D eigenvalue weighted by atomic mass is 9.90. The van der Waals surface area contributed by atoms with Crippen LogP contribution >= 0.6 is 11.6 Å². The Kier molecular flexibility index (Phi) is 15.0. The first-order valence-electron chi connectivity index (χ1n) is 16.3. The van der Waals surface area contributed by atoms with Gasteiger partial charge in [-0.2, -0.15) is 0 Å². The summed E-state index contributed by atoms with van der Waals surface area (Å²) in [4.78, 5) is 11.4. The Balaban J connectivity index is 1.39. The summed E-state index contributed by atoms with van der Waals surface area (Å²) < 4.78 is 34.4. The van der Waals surface area contributed by atoms with Crippen molar-refractivity contribution >= 4 is 17.6 Å². The Hall–Kier alpha value is -1.94. The molecular weight excluding hydrogens is 584 g/mol. The Morgan fingerprint density at radius 3 is 2.57 bits per heavy atom. The molecule has 7 atom stereocenters. The fraction of sp³-hybridized carbons (Fsp3) is 0.686. The third kappa shape index (κ3) is 11.1. The number of halogens is 1. The number of rotatable bonds is 16. The van der Waals surface area contributed by atoms with Gasteiger partial charge in [-0.3, -0.25) is 4.79 Å². The van der Waals surface area contributed by atoms with Gasteiger partial charge >= 0.3 is 5.97 Å². The first-order chi connectivity index (χ1) is 21.5. The SMILES string of the molecule is COCc1cc(CC(O)C=C[C@@H]2[C@@H](CC=CCCCC(=O)OC)[C@H](Cl)C[C@H]2OC2CCCCO2)ccc1OC1CCCCO1. The first kappa shape index (κ1) is 34.9. The van der Waals surface area contributed by atoms with Crippen LogP contribution in [0.25, 0.3) is 0 Å². The van der Waals surface area contributed by atoms with Crippen LogP contribution in [0.5, 0.6) is 5.75 Å². The molecule has 0 aromatic heterocycles. The van der Waals surface area contributed by atoms with Gasteiger partial charge in [0.15, 0.2) is 12.6 Å². The molecule has 3 unspecified atom stereocenters. The molecular formula is C35H51ClO8. The molecule has 0 bridgehead atoms. The molecule has 3 aliphatic rings. The van der Waals surface area contributed by atoms with E-state index in [9.17, 15) is 9.90 Å². The molecule has 0 spiro atoms. The van der Waals surface area contributed by atoms with E-state index >= 15 is 0 Å². The molecule has 1 aliphatic carbocycles. The second-order valence-electron chi connectivity index (χ2n) is 12.1. The zero-order chi connectivity index (χ0) is 31.1. The Morgan fingerprint density at radius 2 is 1.86 bits per heavy atom. The molecule has 2 heterocycles. The number of hydrogen-bond acceptors (Lipinski definition) is 8. The molecule has 4 rings (SSSR count). The van der Waals surface area contributed by atoms with Crippen molar-refractivity contribution in [2.24, 2.45) is 11.8 Å². The van der Waals surface area contributed by atoms with Gasteiger partial charge in [-0.1, -0.05) is 30.4 Å². The third-order valence-corrected chi connectivity index (χ3v) is 9.19. The minimum Gasteiger partial charge on any atom is -0.469 e. The van der Waals surface area contributed by atoms with Crippen LogP contribution in [0, 0.1) is 11.8 Å². The summed E-state index contributed by atoms with van der Waals surface area (Å²) in [5.74, 6) is 0.791. The van der Waals surface area contributed by atoms with Crippen LogP contribution in [0.15, 0.2) is 42.5 Å². The highest BCUT2D eigenvalue weighted by molar-refractivity contribution is 6.21. The van der Waals surface area contributed by atoms with E-state index in [2.05, 4.69) is 18.2 Å². The van der Waals surface area contributed by atoms with Crippen LogP contribution < -0.4 is 4.74 Å². The summed E-state index contributed by atoms with van der Waals surface area (Å²) in [6.07, 6.45) is 17.2. The Bertz CT molecular complexity index is 1050. The summed E-state index contributed by atoms with van der Waals surface area (Å²) in [5, 5.41) is 11.0. The molecule has 2 saturated heterocycles. The molecule has 8 nitrogen and oxygen atoms in total. The summed E-state index contributed by atoms with van der Waals surface area (Å²) in [6, 6.07) is 6.00.